The molecule has 1 atom stereocenters. The molecule has 0 radical (unpaired) electrons. The van der Waals surface area contributed by atoms with Crippen LogP contribution in [0, 0.1) is 0 Å². The fraction of sp³-hybridized carbons (Fsp3) is 0.458. The van der Waals surface area contributed by atoms with E-state index < -0.39 is 6.61 Å². The summed E-state index contributed by atoms with van der Waals surface area (Å²) in [5, 5.41) is 0. The van der Waals surface area contributed by atoms with E-state index in [4.69, 9.17) is 14.2 Å². The Bertz CT molecular complexity index is 928. The molecule has 1 saturated carbocycles. The fourth-order valence-corrected chi connectivity index (χ4v) is 3.80. The van der Waals surface area contributed by atoms with Gasteiger partial charge in [0, 0.05) is 24.8 Å². The Morgan fingerprint density at radius 3 is 2.69 bits per heavy atom. The Labute approximate surface area is 186 Å². The third-order valence-electron chi connectivity index (χ3n) is 5.59. The number of nitrogens with zero attached hydrogens (tertiary/aromatic N) is 1. The summed E-state index contributed by atoms with van der Waals surface area (Å²) in [7, 11) is 1.39. The first kappa shape index (κ1) is 22.3. The van der Waals surface area contributed by atoms with Crippen molar-refractivity contribution in [2.45, 2.75) is 51.0 Å². The summed E-state index contributed by atoms with van der Waals surface area (Å²) in [6.45, 7) is -1.36. The Balaban J connectivity index is 1.46. The molecular weight excluding hydrogens is 420 g/mol. The number of halogens is 2. The van der Waals surface area contributed by atoms with Crippen LogP contribution in [0.15, 0.2) is 42.5 Å². The van der Waals surface area contributed by atoms with Crippen molar-refractivity contribution in [3.05, 3.63) is 53.6 Å². The topological polar surface area (TPSA) is 57.2 Å². The number of carbonyl (C=O) groups is 1. The maximum absolute atomic E-state index is 13.3. The van der Waals surface area contributed by atoms with Crippen molar-refractivity contribution < 1.29 is 32.5 Å². The van der Waals surface area contributed by atoms with Crippen LogP contribution in [-0.4, -0.2) is 49.9 Å². The fourth-order valence-electron chi connectivity index (χ4n) is 3.80. The number of amides is 1. The van der Waals surface area contributed by atoms with Crippen LogP contribution in [0.3, 0.4) is 0 Å². The van der Waals surface area contributed by atoms with Crippen LogP contribution in [-0.2, 0) is 11.3 Å². The molecule has 0 bridgehead atoms. The number of alkyl halides is 2. The maximum Gasteiger partial charge on any atom is 0.387 e. The van der Waals surface area contributed by atoms with E-state index >= 15 is 0 Å². The second-order valence-electron chi connectivity index (χ2n) is 8.00. The molecule has 0 unspecified atom stereocenters. The Morgan fingerprint density at radius 1 is 1.16 bits per heavy atom. The van der Waals surface area contributed by atoms with Gasteiger partial charge < -0.3 is 23.8 Å². The van der Waals surface area contributed by atoms with Crippen LogP contribution in [0.5, 0.6) is 17.2 Å². The molecule has 0 aromatic heterocycles. The lowest BCUT2D eigenvalue weighted by Gasteiger charge is -2.23. The number of methoxy groups -OCH3 is 1. The molecule has 1 heterocycles. The highest BCUT2D eigenvalue weighted by molar-refractivity contribution is 5.95. The minimum atomic E-state index is -2.94. The molecule has 0 spiro atoms. The molecule has 172 valence electrons. The second kappa shape index (κ2) is 10.2. The average molecular weight is 447 g/mol. The normalized spacial score (nSPS) is 17.9. The standard InChI is InChI=1S/C24H27F2NO5/c1-29-22-12-16(7-10-21(22)32-24(25)26)14-27(18-8-9-18)23(28)17-4-2-5-19(13-17)31-15-20-6-3-11-30-20/h2,4-5,7,10,12-13,18,20,24H,3,6,8-9,11,14-15H2,1H3/t20-/m0/s1. The number of benzene rings is 2. The van der Waals surface area contributed by atoms with E-state index in [9.17, 15) is 13.6 Å². The summed E-state index contributed by atoms with van der Waals surface area (Å²) >= 11 is 0. The Morgan fingerprint density at radius 2 is 2.00 bits per heavy atom. The van der Waals surface area contributed by atoms with E-state index in [-0.39, 0.29) is 29.6 Å². The molecule has 2 aromatic rings. The number of ether oxygens (including phenoxy) is 4. The molecule has 4 rings (SSSR count). The van der Waals surface area contributed by atoms with Crippen molar-refractivity contribution in [3.63, 3.8) is 0 Å². The van der Waals surface area contributed by atoms with Crippen molar-refractivity contribution >= 4 is 5.91 Å². The first-order chi connectivity index (χ1) is 15.5. The maximum atomic E-state index is 13.3. The molecule has 32 heavy (non-hydrogen) atoms. The number of rotatable bonds is 10. The van der Waals surface area contributed by atoms with E-state index in [1.54, 1.807) is 24.3 Å². The van der Waals surface area contributed by atoms with E-state index in [0.29, 0.717) is 24.5 Å². The van der Waals surface area contributed by atoms with Crippen molar-refractivity contribution in [2.75, 3.05) is 20.3 Å². The highest BCUT2D eigenvalue weighted by Gasteiger charge is 2.33. The molecule has 1 saturated heterocycles. The highest BCUT2D eigenvalue weighted by Crippen LogP contribution is 2.33. The van der Waals surface area contributed by atoms with Gasteiger partial charge >= 0.3 is 6.61 Å². The molecule has 1 amide bonds. The zero-order chi connectivity index (χ0) is 22.5. The zero-order valence-electron chi connectivity index (χ0n) is 18.0. The number of hydrogen-bond acceptors (Lipinski definition) is 5. The molecule has 1 aliphatic heterocycles. The zero-order valence-corrected chi connectivity index (χ0v) is 18.0. The van der Waals surface area contributed by atoms with Gasteiger partial charge in [0.1, 0.15) is 12.4 Å². The van der Waals surface area contributed by atoms with Gasteiger partial charge in [-0.3, -0.25) is 4.79 Å². The smallest absolute Gasteiger partial charge is 0.387 e. The Kier molecular flexibility index (Phi) is 7.09. The predicted molar refractivity (Wildman–Crippen MR) is 113 cm³/mol. The lowest BCUT2D eigenvalue weighted by atomic mass is 10.1. The van der Waals surface area contributed by atoms with Crippen molar-refractivity contribution in [1.29, 1.82) is 0 Å². The van der Waals surface area contributed by atoms with Gasteiger partial charge in [0.25, 0.3) is 5.91 Å². The SMILES string of the molecule is COc1cc(CN(C(=O)c2cccc(OC[C@@H]3CCCO3)c2)C2CC2)ccc1OC(F)F. The minimum absolute atomic E-state index is 0.0355. The largest absolute Gasteiger partial charge is 0.493 e. The summed E-state index contributed by atoms with van der Waals surface area (Å²) in [6.07, 6.45) is 4.00. The van der Waals surface area contributed by atoms with E-state index in [2.05, 4.69) is 4.74 Å². The lowest BCUT2D eigenvalue weighted by molar-refractivity contribution is -0.0512. The van der Waals surface area contributed by atoms with Gasteiger partial charge in [-0.15, -0.1) is 0 Å². The van der Waals surface area contributed by atoms with Gasteiger partial charge in [-0.1, -0.05) is 12.1 Å². The van der Waals surface area contributed by atoms with Crippen LogP contribution in [0.1, 0.15) is 41.6 Å². The third kappa shape index (κ3) is 5.68. The van der Waals surface area contributed by atoms with Gasteiger partial charge in [0.05, 0.1) is 13.2 Å². The predicted octanol–water partition coefficient (Wildman–Crippen LogP) is 4.66. The van der Waals surface area contributed by atoms with Crippen LogP contribution in [0.4, 0.5) is 8.78 Å². The molecule has 2 aliphatic rings. The molecule has 0 N–H and O–H groups in total. The lowest BCUT2D eigenvalue weighted by Crippen LogP contribution is -2.32. The molecule has 8 heteroatoms. The highest BCUT2D eigenvalue weighted by atomic mass is 19.3. The van der Waals surface area contributed by atoms with E-state index in [0.717, 1.165) is 37.9 Å². The third-order valence-corrected chi connectivity index (χ3v) is 5.59. The van der Waals surface area contributed by atoms with Gasteiger partial charge in [-0.2, -0.15) is 8.78 Å². The number of hydrogen-bond donors (Lipinski definition) is 0. The second-order valence-corrected chi connectivity index (χ2v) is 8.00. The van der Waals surface area contributed by atoms with Crippen molar-refractivity contribution in [2.24, 2.45) is 0 Å². The monoisotopic (exact) mass is 447 g/mol. The summed E-state index contributed by atoms with van der Waals surface area (Å²) in [5.74, 6) is 0.710. The van der Waals surface area contributed by atoms with Crippen LogP contribution >= 0.6 is 0 Å². The van der Waals surface area contributed by atoms with Crippen molar-refractivity contribution in [3.8, 4) is 17.2 Å². The number of carbonyl (C=O) groups excluding carboxylic acids is 1. The van der Waals surface area contributed by atoms with Crippen molar-refractivity contribution in [1.82, 2.24) is 4.90 Å². The van der Waals surface area contributed by atoms with Crippen LogP contribution < -0.4 is 14.2 Å². The van der Waals surface area contributed by atoms with E-state index in [1.807, 2.05) is 17.0 Å². The Hall–Kier alpha value is -2.87. The quantitative estimate of drug-likeness (QED) is 0.530. The minimum Gasteiger partial charge on any atom is -0.493 e. The summed E-state index contributed by atoms with van der Waals surface area (Å²) in [5.41, 5.74) is 1.32. The molecular formula is C24H27F2NO5. The van der Waals surface area contributed by atoms with Gasteiger partial charge in [-0.05, 0) is 61.6 Å². The first-order valence-corrected chi connectivity index (χ1v) is 10.8. The van der Waals surface area contributed by atoms with Crippen LogP contribution in [0.2, 0.25) is 0 Å². The molecule has 6 nitrogen and oxygen atoms in total. The van der Waals surface area contributed by atoms with Gasteiger partial charge in [0.15, 0.2) is 11.5 Å². The summed E-state index contributed by atoms with van der Waals surface area (Å²) in [6, 6.07) is 12.1. The van der Waals surface area contributed by atoms with Crippen LogP contribution in [0.25, 0.3) is 0 Å². The van der Waals surface area contributed by atoms with Gasteiger partial charge in [-0.25, -0.2) is 0 Å². The first-order valence-electron chi connectivity index (χ1n) is 10.8. The molecule has 1 aliphatic carbocycles. The van der Waals surface area contributed by atoms with Gasteiger partial charge in [0.2, 0.25) is 0 Å². The molecule has 2 aromatic carbocycles. The van der Waals surface area contributed by atoms with E-state index in [1.165, 1.54) is 13.2 Å². The average Bonchev–Trinajstić information content (AvgIpc) is 3.50. The summed E-state index contributed by atoms with van der Waals surface area (Å²) < 4.78 is 46.3. The molecule has 2 fully saturated rings. The summed E-state index contributed by atoms with van der Waals surface area (Å²) in [4.78, 5) is 15.1.